The quantitative estimate of drug-likeness (QED) is 0.307. The zero-order valence-electron chi connectivity index (χ0n) is 17.9. The Kier molecular flexibility index (Phi) is 4.93. The summed E-state index contributed by atoms with van der Waals surface area (Å²) in [5.74, 6) is 0.816. The maximum Gasteiger partial charge on any atom is 0.410 e. The van der Waals surface area contributed by atoms with Crippen molar-refractivity contribution in [3.05, 3.63) is 17.4 Å². The van der Waals surface area contributed by atoms with Gasteiger partial charge in [0.1, 0.15) is 11.4 Å². The minimum Gasteiger partial charge on any atom is -0.444 e. The first-order valence-electron chi connectivity index (χ1n) is 10.3. The van der Waals surface area contributed by atoms with E-state index >= 15 is 0 Å². The van der Waals surface area contributed by atoms with E-state index in [1.807, 2.05) is 38.0 Å². The van der Waals surface area contributed by atoms with Gasteiger partial charge >= 0.3 is 6.09 Å². The van der Waals surface area contributed by atoms with E-state index in [1.54, 1.807) is 6.20 Å². The van der Waals surface area contributed by atoms with Crippen LogP contribution in [0.4, 0.5) is 10.6 Å². The van der Waals surface area contributed by atoms with Crippen LogP contribution in [-0.4, -0.2) is 63.0 Å². The fraction of sp³-hybridized carbons (Fsp3) is 0.524. The molecule has 31 heavy (non-hydrogen) atoms. The Morgan fingerprint density at radius 3 is 2.61 bits per heavy atom. The van der Waals surface area contributed by atoms with E-state index in [-0.39, 0.29) is 18.2 Å². The maximum atomic E-state index is 12.8. The molecule has 0 radical (unpaired) electrons. The second-order valence-electron chi connectivity index (χ2n) is 8.97. The van der Waals surface area contributed by atoms with Gasteiger partial charge in [-0.15, -0.1) is 0 Å². The van der Waals surface area contributed by atoms with E-state index in [0.29, 0.717) is 34.7 Å². The van der Waals surface area contributed by atoms with Crippen molar-refractivity contribution in [2.24, 2.45) is 0 Å². The Hall–Kier alpha value is -2.26. The fourth-order valence-corrected chi connectivity index (χ4v) is 5.09. The highest BCUT2D eigenvalue weighted by Gasteiger charge is 2.45. The molecule has 5 heterocycles. The van der Waals surface area contributed by atoms with E-state index in [9.17, 15) is 4.79 Å². The van der Waals surface area contributed by atoms with Crippen molar-refractivity contribution in [1.29, 1.82) is 0 Å². The molecule has 2 aliphatic rings. The Labute approximate surface area is 189 Å². The third-order valence-corrected chi connectivity index (χ3v) is 6.55. The number of halogens is 1. The summed E-state index contributed by atoms with van der Waals surface area (Å²) in [7, 11) is 0. The average Bonchev–Trinajstić information content (AvgIpc) is 3.21. The number of fused-ring (bicyclic) bond motifs is 5. The molecule has 0 aromatic carbocycles. The number of carbonyl (C=O) groups excluding carboxylic acids is 1. The topological polar surface area (TPSA) is 84.6 Å². The van der Waals surface area contributed by atoms with Crippen LogP contribution in [0.1, 0.15) is 33.6 Å². The lowest BCUT2D eigenvalue weighted by molar-refractivity contribution is 0.0123. The monoisotopic (exact) mass is 461 g/mol. The smallest absolute Gasteiger partial charge is 0.410 e. The van der Waals surface area contributed by atoms with Crippen LogP contribution in [0.2, 0.25) is 5.15 Å². The summed E-state index contributed by atoms with van der Waals surface area (Å²) in [6.45, 7) is 7.06. The van der Waals surface area contributed by atoms with E-state index in [2.05, 4.69) is 14.9 Å². The Morgan fingerprint density at radius 2 is 1.97 bits per heavy atom. The van der Waals surface area contributed by atoms with Crippen molar-refractivity contribution in [2.45, 2.75) is 56.5 Å². The largest absolute Gasteiger partial charge is 0.444 e. The molecule has 0 saturated carbocycles. The number of carbonyl (C=O) groups is 1. The first-order chi connectivity index (χ1) is 14.7. The number of thioether (sulfide) groups is 1. The number of nitrogens with zero attached hydrogens (tertiary/aromatic N) is 5. The lowest BCUT2D eigenvalue weighted by Crippen LogP contribution is -2.57. The number of furan rings is 1. The summed E-state index contributed by atoms with van der Waals surface area (Å²) in [5, 5.41) is 2.62. The number of pyridine rings is 1. The first-order valence-corrected chi connectivity index (χ1v) is 11.9. The van der Waals surface area contributed by atoms with Crippen molar-refractivity contribution in [3.63, 3.8) is 0 Å². The molecule has 10 heteroatoms. The van der Waals surface area contributed by atoms with Gasteiger partial charge in [0.2, 0.25) is 5.71 Å². The highest BCUT2D eigenvalue weighted by molar-refractivity contribution is 7.98. The van der Waals surface area contributed by atoms with Gasteiger partial charge in [-0.3, -0.25) is 4.90 Å². The molecule has 0 N–H and O–H groups in total. The molecule has 2 atom stereocenters. The number of anilines is 1. The molecule has 0 aliphatic carbocycles. The molecule has 5 rings (SSSR count). The van der Waals surface area contributed by atoms with Crippen LogP contribution < -0.4 is 4.90 Å². The van der Waals surface area contributed by atoms with Gasteiger partial charge < -0.3 is 14.1 Å². The summed E-state index contributed by atoms with van der Waals surface area (Å²) in [6, 6.07) is 2.05. The zero-order valence-corrected chi connectivity index (χ0v) is 19.5. The Morgan fingerprint density at radius 1 is 1.26 bits per heavy atom. The molecule has 2 saturated heterocycles. The predicted molar refractivity (Wildman–Crippen MR) is 121 cm³/mol. The van der Waals surface area contributed by atoms with Gasteiger partial charge in [-0.2, -0.15) is 4.98 Å². The van der Waals surface area contributed by atoms with Gasteiger partial charge in [0, 0.05) is 24.7 Å². The van der Waals surface area contributed by atoms with E-state index in [0.717, 1.165) is 29.4 Å². The molecule has 2 bridgehead atoms. The summed E-state index contributed by atoms with van der Waals surface area (Å²) in [5.41, 5.74) is 0.507. The van der Waals surface area contributed by atoms with Crippen LogP contribution in [0.5, 0.6) is 0 Å². The third-order valence-electron chi connectivity index (χ3n) is 5.73. The Balaban J connectivity index is 1.54. The number of hydrogen-bond donors (Lipinski definition) is 0. The summed E-state index contributed by atoms with van der Waals surface area (Å²) in [6.07, 6.45) is 5.27. The normalized spacial score (nSPS) is 21.3. The molecule has 2 aliphatic heterocycles. The third kappa shape index (κ3) is 3.57. The van der Waals surface area contributed by atoms with Gasteiger partial charge in [-0.1, -0.05) is 23.4 Å². The van der Waals surface area contributed by atoms with E-state index in [4.69, 9.17) is 25.7 Å². The molecule has 3 aromatic rings. The summed E-state index contributed by atoms with van der Waals surface area (Å²) in [4.78, 5) is 30.5. The number of rotatable bonds is 2. The number of amides is 1. The molecule has 2 fully saturated rings. The van der Waals surface area contributed by atoms with Gasteiger partial charge in [-0.25, -0.2) is 14.8 Å². The zero-order chi connectivity index (χ0) is 21.9. The highest BCUT2D eigenvalue weighted by atomic mass is 35.5. The van der Waals surface area contributed by atoms with Crippen LogP contribution in [0.3, 0.4) is 0 Å². The number of aromatic nitrogens is 3. The predicted octanol–water partition coefficient (Wildman–Crippen LogP) is 4.73. The Bertz CT molecular complexity index is 1160. The van der Waals surface area contributed by atoms with Gasteiger partial charge in [-0.05, 0) is 45.9 Å². The van der Waals surface area contributed by atoms with Crippen LogP contribution >= 0.6 is 23.4 Å². The fourth-order valence-electron chi connectivity index (χ4n) is 4.54. The van der Waals surface area contributed by atoms with Crippen molar-refractivity contribution in [2.75, 3.05) is 24.2 Å². The minimum absolute atomic E-state index is 0.0831. The minimum atomic E-state index is -0.511. The molecular formula is C21H24ClN5O3S. The van der Waals surface area contributed by atoms with Crippen LogP contribution in [0.25, 0.3) is 22.1 Å². The lowest BCUT2D eigenvalue weighted by Gasteiger charge is -2.41. The number of piperazine rings is 1. The van der Waals surface area contributed by atoms with E-state index in [1.165, 1.54) is 11.8 Å². The summed E-state index contributed by atoms with van der Waals surface area (Å²) >= 11 is 7.74. The first kappa shape index (κ1) is 20.6. The highest BCUT2D eigenvalue weighted by Crippen LogP contribution is 2.40. The van der Waals surface area contributed by atoms with Crippen molar-refractivity contribution in [3.8, 4) is 0 Å². The number of hydrogen-bond acceptors (Lipinski definition) is 8. The maximum absolute atomic E-state index is 12.8. The van der Waals surface area contributed by atoms with Crippen molar-refractivity contribution in [1.82, 2.24) is 19.9 Å². The van der Waals surface area contributed by atoms with Gasteiger partial charge in [0.05, 0.1) is 17.5 Å². The van der Waals surface area contributed by atoms with Gasteiger partial charge in [0.25, 0.3) is 0 Å². The van der Waals surface area contributed by atoms with Gasteiger partial charge in [0.15, 0.2) is 15.9 Å². The van der Waals surface area contributed by atoms with Crippen molar-refractivity contribution >= 4 is 57.3 Å². The SMILES string of the molecule is CSc1nc(N2C[C@H]3CC[C@@H](C2)N3C(=O)OC(C)(C)C)c2c(n1)oc1c(Cl)nccc12. The van der Waals surface area contributed by atoms with Crippen molar-refractivity contribution < 1.29 is 13.9 Å². The van der Waals surface area contributed by atoms with E-state index < -0.39 is 5.60 Å². The number of ether oxygens (including phenoxy) is 1. The molecule has 0 unspecified atom stereocenters. The second-order valence-corrected chi connectivity index (χ2v) is 10.1. The molecular weight excluding hydrogens is 438 g/mol. The molecule has 164 valence electrons. The lowest BCUT2D eigenvalue weighted by atomic mass is 10.1. The molecule has 0 spiro atoms. The van der Waals surface area contributed by atoms with Crippen LogP contribution in [0.15, 0.2) is 21.8 Å². The van der Waals surface area contributed by atoms with Crippen LogP contribution in [-0.2, 0) is 4.74 Å². The average molecular weight is 462 g/mol. The summed E-state index contributed by atoms with van der Waals surface area (Å²) < 4.78 is 11.6. The molecule has 1 amide bonds. The molecule has 3 aromatic heterocycles. The molecule has 8 nitrogen and oxygen atoms in total. The second kappa shape index (κ2) is 7.41. The van der Waals surface area contributed by atoms with Crippen LogP contribution in [0, 0.1) is 0 Å². The standard InChI is InChI=1S/C21H24ClN5O3S/c1-21(2,3)30-20(28)27-11-5-6-12(27)10-26(9-11)17-14-13-7-8-23-16(22)15(13)29-18(14)25-19(24-17)31-4/h7-8,11-12H,5-6,9-10H2,1-4H3/t11-,12+.